The van der Waals surface area contributed by atoms with Crippen LogP contribution in [0.4, 0.5) is 0 Å². The molecule has 0 saturated carbocycles. The summed E-state index contributed by atoms with van der Waals surface area (Å²) < 4.78 is 0. The van der Waals surface area contributed by atoms with Gasteiger partial charge in [0.25, 0.3) is 0 Å². The van der Waals surface area contributed by atoms with Crippen LogP contribution in [0.15, 0.2) is 17.3 Å². The van der Waals surface area contributed by atoms with Gasteiger partial charge >= 0.3 is 0 Å². The molecule has 0 atom stereocenters. The van der Waals surface area contributed by atoms with Crippen LogP contribution in [-0.2, 0) is 4.84 Å². The highest BCUT2D eigenvalue weighted by Crippen LogP contribution is 2.18. The van der Waals surface area contributed by atoms with Crippen LogP contribution in [0.5, 0.6) is 0 Å². The van der Waals surface area contributed by atoms with E-state index in [9.17, 15) is 0 Å². The van der Waals surface area contributed by atoms with Crippen LogP contribution < -0.4 is 0 Å². The third kappa shape index (κ3) is 3.58. The molecule has 0 N–H and O–H groups in total. The van der Waals surface area contributed by atoms with Crippen LogP contribution in [0.3, 0.4) is 0 Å². The topological polar surface area (TPSA) is 21.6 Å². The number of hydrogen-bond donors (Lipinski definition) is 0. The van der Waals surface area contributed by atoms with Crippen LogP contribution in [0.1, 0.15) is 48.9 Å². The molecule has 0 aliphatic heterocycles. The van der Waals surface area contributed by atoms with E-state index in [1.54, 1.807) is 0 Å². The van der Waals surface area contributed by atoms with E-state index in [1.807, 2.05) is 6.92 Å². The van der Waals surface area contributed by atoms with E-state index in [0.717, 1.165) is 18.6 Å². The number of hydrogen-bond acceptors (Lipinski definition) is 2. The maximum Gasteiger partial charge on any atom is 0.114 e. The van der Waals surface area contributed by atoms with Gasteiger partial charge in [-0.05, 0) is 56.9 Å². The Bertz CT molecular complexity index is 408. The van der Waals surface area contributed by atoms with Gasteiger partial charge in [-0.1, -0.05) is 24.6 Å². The van der Waals surface area contributed by atoms with Gasteiger partial charge in [0, 0.05) is 5.56 Å². The molecule has 17 heavy (non-hydrogen) atoms. The van der Waals surface area contributed by atoms with Crippen LogP contribution in [-0.4, -0.2) is 12.3 Å². The first-order valence-corrected chi connectivity index (χ1v) is 6.37. The average Bonchev–Trinajstić information content (AvgIpc) is 2.29. The largest absolute Gasteiger partial charge is 0.396 e. The Morgan fingerprint density at radius 1 is 1.06 bits per heavy atom. The van der Waals surface area contributed by atoms with Crippen LogP contribution in [0.2, 0.25) is 0 Å². The fraction of sp³-hybridized carbons (Fsp3) is 0.533. The molecule has 1 aromatic rings. The Kier molecular flexibility index (Phi) is 5.20. The molecule has 0 spiro atoms. The first-order chi connectivity index (χ1) is 8.10. The van der Waals surface area contributed by atoms with Gasteiger partial charge in [-0.25, -0.2) is 0 Å². The van der Waals surface area contributed by atoms with E-state index >= 15 is 0 Å². The van der Waals surface area contributed by atoms with Gasteiger partial charge in [0.1, 0.15) is 6.61 Å². The van der Waals surface area contributed by atoms with Crippen molar-refractivity contribution in [2.45, 2.75) is 47.5 Å². The quantitative estimate of drug-likeness (QED) is 0.553. The van der Waals surface area contributed by atoms with Crippen molar-refractivity contribution in [1.82, 2.24) is 0 Å². The zero-order valence-electron chi connectivity index (χ0n) is 11.6. The summed E-state index contributed by atoms with van der Waals surface area (Å²) >= 11 is 0. The second-order valence-corrected chi connectivity index (χ2v) is 4.46. The molecular formula is C15H23NO. The maximum atomic E-state index is 5.22. The van der Waals surface area contributed by atoms with Crippen molar-refractivity contribution < 1.29 is 4.84 Å². The highest BCUT2D eigenvalue weighted by molar-refractivity contribution is 6.01. The lowest BCUT2D eigenvalue weighted by Gasteiger charge is -2.11. The SMILES string of the molecule is CCC/C(=N\OCC)c1cc(C)c(C)cc1C. The zero-order valence-corrected chi connectivity index (χ0v) is 11.6. The molecule has 2 nitrogen and oxygen atoms in total. The summed E-state index contributed by atoms with van der Waals surface area (Å²) in [7, 11) is 0. The molecule has 0 bridgehead atoms. The van der Waals surface area contributed by atoms with Crippen molar-refractivity contribution in [3.8, 4) is 0 Å². The monoisotopic (exact) mass is 233 g/mol. The van der Waals surface area contributed by atoms with Gasteiger partial charge < -0.3 is 4.84 Å². The molecule has 0 unspecified atom stereocenters. The van der Waals surface area contributed by atoms with E-state index in [-0.39, 0.29) is 0 Å². The third-order valence-corrected chi connectivity index (χ3v) is 2.94. The summed E-state index contributed by atoms with van der Waals surface area (Å²) in [5.74, 6) is 0. The summed E-state index contributed by atoms with van der Waals surface area (Å²) in [4.78, 5) is 5.22. The standard InChI is InChI=1S/C15H23NO/c1-6-8-15(16-17-7-2)14-10-12(4)11(3)9-13(14)5/h9-10H,6-8H2,1-5H3/b16-15+. The molecule has 0 fully saturated rings. The van der Waals surface area contributed by atoms with E-state index < -0.39 is 0 Å². The highest BCUT2D eigenvalue weighted by atomic mass is 16.6. The molecule has 0 aromatic heterocycles. The summed E-state index contributed by atoms with van der Waals surface area (Å²) in [5, 5.41) is 4.25. The number of oxime groups is 1. The van der Waals surface area contributed by atoms with Crippen molar-refractivity contribution in [2.75, 3.05) is 6.61 Å². The van der Waals surface area contributed by atoms with Gasteiger partial charge in [0.05, 0.1) is 5.71 Å². The average molecular weight is 233 g/mol. The van der Waals surface area contributed by atoms with Crippen molar-refractivity contribution in [3.63, 3.8) is 0 Å². The van der Waals surface area contributed by atoms with Gasteiger partial charge in [-0.15, -0.1) is 0 Å². The van der Waals surface area contributed by atoms with Crippen LogP contribution in [0.25, 0.3) is 0 Å². The van der Waals surface area contributed by atoms with E-state index in [0.29, 0.717) is 6.61 Å². The number of nitrogens with zero attached hydrogens (tertiary/aromatic N) is 1. The van der Waals surface area contributed by atoms with Crippen LogP contribution in [0, 0.1) is 20.8 Å². The van der Waals surface area contributed by atoms with Gasteiger partial charge in [-0.2, -0.15) is 0 Å². The molecular weight excluding hydrogens is 210 g/mol. The highest BCUT2D eigenvalue weighted by Gasteiger charge is 2.09. The molecule has 0 saturated heterocycles. The normalized spacial score (nSPS) is 11.7. The first kappa shape index (κ1) is 13.8. The molecule has 1 rings (SSSR count). The Morgan fingerprint density at radius 2 is 1.71 bits per heavy atom. The smallest absolute Gasteiger partial charge is 0.114 e. The summed E-state index contributed by atoms with van der Waals surface area (Å²) in [6.07, 6.45) is 2.04. The number of rotatable bonds is 5. The molecule has 94 valence electrons. The maximum absolute atomic E-state index is 5.22. The minimum Gasteiger partial charge on any atom is -0.396 e. The molecule has 0 aliphatic carbocycles. The number of aryl methyl sites for hydroxylation is 3. The Hall–Kier alpha value is -1.31. The predicted molar refractivity (Wildman–Crippen MR) is 73.7 cm³/mol. The fourth-order valence-corrected chi connectivity index (χ4v) is 1.88. The molecule has 0 amide bonds. The minimum absolute atomic E-state index is 0.622. The van der Waals surface area contributed by atoms with E-state index in [1.165, 1.54) is 22.3 Å². The third-order valence-electron chi connectivity index (χ3n) is 2.94. The molecule has 0 radical (unpaired) electrons. The molecule has 1 aromatic carbocycles. The zero-order chi connectivity index (χ0) is 12.8. The van der Waals surface area contributed by atoms with Crippen molar-refractivity contribution >= 4 is 5.71 Å². The van der Waals surface area contributed by atoms with Gasteiger partial charge in [0.2, 0.25) is 0 Å². The Balaban J connectivity index is 3.13. The second-order valence-electron chi connectivity index (χ2n) is 4.46. The summed E-state index contributed by atoms with van der Waals surface area (Å²) in [6.45, 7) is 11.2. The van der Waals surface area contributed by atoms with Crippen LogP contribution >= 0.6 is 0 Å². The lowest BCUT2D eigenvalue weighted by molar-refractivity contribution is 0.158. The van der Waals surface area contributed by atoms with Crippen molar-refractivity contribution in [3.05, 3.63) is 34.4 Å². The second kappa shape index (κ2) is 6.43. The van der Waals surface area contributed by atoms with Crippen molar-refractivity contribution in [1.29, 1.82) is 0 Å². The van der Waals surface area contributed by atoms with E-state index in [4.69, 9.17) is 4.84 Å². The predicted octanol–water partition coefficient (Wildman–Crippen LogP) is 4.15. The number of benzene rings is 1. The van der Waals surface area contributed by atoms with E-state index in [2.05, 4.69) is 45.0 Å². The lowest BCUT2D eigenvalue weighted by Crippen LogP contribution is -2.05. The fourth-order valence-electron chi connectivity index (χ4n) is 1.88. The van der Waals surface area contributed by atoms with Gasteiger partial charge in [-0.3, -0.25) is 0 Å². The Morgan fingerprint density at radius 3 is 2.29 bits per heavy atom. The first-order valence-electron chi connectivity index (χ1n) is 6.37. The Labute approximate surface area is 105 Å². The van der Waals surface area contributed by atoms with Crippen molar-refractivity contribution in [2.24, 2.45) is 5.16 Å². The summed E-state index contributed by atoms with van der Waals surface area (Å²) in [6, 6.07) is 4.44. The summed E-state index contributed by atoms with van der Waals surface area (Å²) in [5.41, 5.74) is 6.21. The molecule has 0 aliphatic rings. The lowest BCUT2D eigenvalue weighted by atomic mass is 9.96. The minimum atomic E-state index is 0.622. The van der Waals surface area contributed by atoms with Gasteiger partial charge in [0.15, 0.2) is 0 Å². The molecule has 2 heteroatoms. The molecule has 0 heterocycles.